The number of carbonyl (C=O) groups excluding carboxylic acids is 1. The summed E-state index contributed by atoms with van der Waals surface area (Å²) in [4.78, 5) is 14.0. The number of hydrogen-bond acceptors (Lipinski definition) is 4. The highest BCUT2D eigenvalue weighted by Gasteiger charge is 2.32. The smallest absolute Gasteiger partial charge is 0.379 e. The van der Waals surface area contributed by atoms with Crippen LogP contribution in [0, 0.1) is 19.8 Å². The van der Waals surface area contributed by atoms with Crippen LogP contribution in [0.4, 0.5) is 23.7 Å². The highest BCUT2D eigenvalue weighted by molar-refractivity contribution is 7.87. The van der Waals surface area contributed by atoms with Crippen LogP contribution >= 0.6 is 0 Å². The maximum absolute atomic E-state index is 13.1. The van der Waals surface area contributed by atoms with Crippen LogP contribution in [0.25, 0.3) is 0 Å². The van der Waals surface area contributed by atoms with Crippen LogP contribution in [0.3, 0.4) is 0 Å². The molecule has 0 saturated carbocycles. The minimum atomic E-state index is -4.69. The van der Waals surface area contributed by atoms with E-state index in [2.05, 4.69) is 5.32 Å². The van der Waals surface area contributed by atoms with Crippen molar-refractivity contribution < 1.29 is 30.6 Å². The summed E-state index contributed by atoms with van der Waals surface area (Å²) in [5, 5.41) is 2.90. The fourth-order valence-electron chi connectivity index (χ4n) is 3.60. The first-order valence-corrected chi connectivity index (χ1v) is 13.0. The molecule has 198 valence electrons. The highest BCUT2D eigenvalue weighted by atomic mass is 32.2. The van der Waals surface area contributed by atoms with Crippen LogP contribution in [-0.4, -0.2) is 25.9 Å². The zero-order valence-corrected chi connectivity index (χ0v) is 21.8. The van der Waals surface area contributed by atoms with E-state index in [9.17, 15) is 26.4 Å². The van der Waals surface area contributed by atoms with Crippen LogP contribution in [0.15, 0.2) is 71.6 Å². The first kappa shape index (κ1) is 28.0. The summed E-state index contributed by atoms with van der Waals surface area (Å²) < 4.78 is 69.5. The number of urea groups is 1. The van der Waals surface area contributed by atoms with Gasteiger partial charge in [-0.3, -0.25) is 0 Å². The molecule has 0 radical (unpaired) electrons. The van der Waals surface area contributed by atoms with Crippen LogP contribution < -0.4 is 9.50 Å². The molecule has 0 aliphatic rings. The quantitative estimate of drug-likeness (QED) is 0.323. The zero-order chi connectivity index (χ0) is 27.4. The molecule has 10 heteroatoms. The van der Waals surface area contributed by atoms with Gasteiger partial charge in [0.1, 0.15) is 10.6 Å². The summed E-state index contributed by atoms with van der Waals surface area (Å²) in [6, 6.07) is 14.8. The summed E-state index contributed by atoms with van der Waals surface area (Å²) in [6.07, 6.45) is -4.69. The first-order valence-electron chi connectivity index (χ1n) is 11.6. The number of carbonyl (C=O) groups is 1. The molecule has 3 aromatic rings. The maximum Gasteiger partial charge on any atom is 0.416 e. The van der Waals surface area contributed by atoms with Gasteiger partial charge in [-0.2, -0.15) is 21.6 Å². The number of amides is 2. The van der Waals surface area contributed by atoms with Crippen LogP contribution in [0.2, 0.25) is 0 Å². The van der Waals surface area contributed by atoms with Crippen molar-refractivity contribution in [1.82, 2.24) is 4.90 Å². The maximum atomic E-state index is 13.1. The minimum Gasteiger partial charge on any atom is -0.379 e. The molecule has 0 fully saturated rings. The van der Waals surface area contributed by atoms with Gasteiger partial charge in [-0.1, -0.05) is 38.1 Å². The van der Waals surface area contributed by atoms with E-state index in [-0.39, 0.29) is 24.2 Å². The van der Waals surface area contributed by atoms with Crippen molar-refractivity contribution in [1.29, 1.82) is 0 Å². The molecule has 2 amide bonds. The summed E-state index contributed by atoms with van der Waals surface area (Å²) in [6.45, 7) is 8.47. The summed E-state index contributed by atoms with van der Waals surface area (Å²) >= 11 is 0. The van der Waals surface area contributed by atoms with Crippen molar-refractivity contribution in [2.45, 2.75) is 45.3 Å². The molecule has 0 bridgehead atoms. The number of alkyl halides is 3. The lowest BCUT2D eigenvalue weighted by atomic mass is 10.1. The predicted octanol–water partition coefficient (Wildman–Crippen LogP) is 6.78. The Kier molecular flexibility index (Phi) is 8.53. The third kappa shape index (κ3) is 7.72. The fraction of sp³-hybridized carbons (Fsp3) is 0.296. The second-order valence-corrected chi connectivity index (χ2v) is 10.8. The topological polar surface area (TPSA) is 75.7 Å². The number of hydrogen-bond donors (Lipinski definition) is 1. The third-order valence-corrected chi connectivity index (χ3v) is 6.80. The van der Waals surface area contributed by atoms with E-state index in [1.165, 1.54) is 12.1 Å². The predicted molar refractivity (Wildman–Crippen MR) is 136 cm³/mol. The SMILES string of the molecule is Cc1ccc(NC(=O)N(Cc2cccc(OS(=O)(=O)c3cccc(C(F)(F)F)c3)c2)CC(C)C)cc1C. The van der Waals surface area contributed by atoms with Gasteiger partial charge in [0.15, 0.2) is 0 Å². The molecule has 0 unspecified atom stereocenters. The molecule has 0 aliphatic heterocycles. The molecule has 0 atom stereocenters. The van der Waals surface area contributed by atoms with Gasteiger partial charge in [0.25, 0.3) is 0 Å². The average molecular weight is 535 g/mol. The number of benzene rings is 3. The first-order chi connectivity index (χ1) is 17.2. The Morgan fingerprint density at radius 3 is 2.32 bits per heavy atom. The summed E-state index contributed by atoms with van der Waals surface area (Å²) in [5.74, 6) is 0.0835. The molecule has 3 aromatic carbocycles. The number of halogens is 3. The van der Waals surface area contributed by atoms with Gasteiger partial charge in [0, 0.05) is 18.8 Å². The Balaban J connectivity index is 1.79. The number of nitrogens with one attached hydrogen (secondary N) is 1. The lowest BCUT2D eigenvalue weighted by Gasteiger charge is -2.25. The highest BCUT2D eigenvalue weighted by Crippen LogP contribution is 2.31. The molecule has 6 nitrogen and oxygen atoms in total. The molecule has 37 heavy (non-hydrogen) atoms. The number of anilines is 1. The molecular weight excluding hydrogens is 505 g/mol. The number of nitrogens with zero attached hydrogens (tertiary/aromatic N) is 1. The third-order valence-electron chi connectivity index (χ3n) is 5.56. The van der Waals surface area contributed by atoms with E-state index in [0.717, 1.165) is 29.3 Å². The van der Waals surface area contributed by atoms with Gasteiger partial charge in [-0.05, 0) is 78.9 Å². The number of aryl methyl sites for hydroxylation is 2. The molecule has 0 aromatic heterocycles. The Bertz CT molecular complexity index is 1370. The van der Waals surface area contributed by atoms with E-state index in [1.54, 1.807) is 17.0 Å². The average Bonchev–Trinajstić information content (AvgIpc) is 2.80. The lowest BCUT2D eigenvalue weighted by molar-refractivity contribution is -0.137. The summed E-state index contributed by atoms with van der Waals surface area (Å²) in [7, 11) is -4.52. The van der Waals surface area contributed by atoms with E-state index < -0.39 is 26.8 Å². The lowest BCUT2D eigenvalue weighted by Crippen LogP contribution is -2.37. The Hall–Kier alpha value is -3.53. The molecule has 0 heterocycles. The molecule has 1 N–H and O–H groups in total. The Morgan fingerprint density at radius 1 is 0.973 bits per heavy atom. The van der Waals surface area contributed by atoms with Crippen molar-refractivity contribution in [3.05, 3.63) is 89.0 Å². The minimum absolute atomic E-state index is 0.0750. The second-order valence-electron chi connectivity index (χ2n) is 9.21. The van der Waals surface area contributed by atoms with Crippen molar-refractivity contribution in [3.8, 4) is 5.75 Å². The van der Waals surface area contributed by atoms with Gasteiger partial charge in [0.2, 0.25) is 0 Å². The van der Waals surface area contributed by atoms with E-state index in [0.29, 0.717) is 23.9 Å². The molecule has 0 spiro atoms. The van der Waals surface area contributed by atoms with Crippen LogP contribution in [-0.2, 0) is 22.8 Å². The Morgan fingerprint density at radius 2 is 1.68 bits per heavy atom. The zero-order valence-electron chi connectivity index (χ0n) is 21.0. The van der Waals surface area contributed by atoms with Gasteiger partial charge in [0.05, 0.1) is 5.56 Å². The largest absolute Gasteiger partial charge is 0.416 e. The standard InChI is InChI=1S/C27H29F3N2O4S/c1-18(2)16-32(26(33)31-23-12-11-19(3)20(4)13-23)17-21-7-5-9-24(14-21)36-37(34,35)25-10-6-8-22(15-25)27(28,29)30/h5-15,18H,16-17H2,1-4H3,(H,31,33). The van der Waals surface area contributed by atoms with Gasteiger partial charge < -0.3 is 14.4 Å². The van der Waals surface area contributed by atoms with Gasteiger partial charge >= 0.3 is 22.3 Å². The molecular formula is C27H29F3N2O4S. The number of rotatable bonds is 8. The van der Waals surface area contributed by atoms with Gasteiger partial charge in [-0.25, -0.2) is 4.79 Å². The molecule has 3 rings (SSSR count). The van der Waals surface area contributed by atoms with E-state index >= 15 is 0 Å². The van der Waals surface area contributed by atoms with E-state index in [4.69, 9.17) is 4.18 Å². The van der Waals surface area contributed by atoms with Crippen molar-refractivity contribution in [2.75, 3.05) is 11.9 Å². The summed E-state index contributed by atoms with van der Waals surface area (Å²) in [5.41, 5.74) is 2.30. The fourth-order valence-corrected chi connectivity index (χ4v) is 4.57. The normalized spacial score (nSPS) is 11.9. The molecule has 0 aliphatic carbocycles. The van der Waals surface area contributed by atoms with Crippen molar-refractivity contribution in [2.24, 2.45) is 5.92 Å². The van der Waals surface area contributed by atoms with Crippen LogP contribution in [0.1, 0.15) is 36.1 Å². The second kappa shape index (κ2) is 11.2. The van der Waals surface area contributed by atoms with E-state index in [1.807, 2.05) is 45.9 Å². The molecule has 0 saturated heterocycles. The van der Waals surface area contributed by atoms with Crippen molar-refractivity contribution in [3.63, 3.8) is 0 Å². The monoisotopic (exact) mass is 534 g/mol. The van der Waals surface area contributed by atoms with Gasteiger partial charge in [-0.15, -0.1) is 0 Å². The van der Waals surface area contributed by atoms with Crippen LogP contribution in [0.5, 0.6) is 5.75 Å². The van der Waals surface area contributed by atoms with Crippen molar-refractivity contribution >= 4 is 21.8 Å². The Labute approximate surface area is 215 Å².